The average Bonchev–Trinajstić information content (AvgIpc) is 2.48. The van der Waals surface area contributed by atoms with Gasteiger partial charge in [-0.15, -0.1) is 0 Å². The second-order valence-corrected chi connectivity index (χ2v) is 6.67. The van der Waals surface area contributed by atoms with Crippen LogP contribution in [-0.4, -0.2) is 49.3 Å². The molecule has 0 aliphatic carbocycles. The van der Waals surface area contributed by atoms with Crippen LogP contribution in [0.5, 0.6) is 0 Å². The fourth-order valence-corrected chi connectivity index (χ4v) is 3.87. The Balaban J connectivity index is 2.37. The number of carbonyl (C=O) groups is 1. The molecule has 0 aromatic carbocycles. The van der Waals surface area contributed by atoms with Crippen LogP contribution in [-0.2, 0) is 14.8 Å². The summed E-state index contributed by atoms with van der Waals surface area (Å²) in [6.07, 6.45) is 2.32. The molecule has 1 saturated heterocycles. The van der Waals surface area contributed by atoms with Gasteiger partial charge in [0.25, 0.3) is 10.0 Å². The van der Waals surface area contributed by atoms with Crippen LogP contribution in [0.4, 0.5) is 5.69 Å². The minimum absolute atomic E-state index is 0.0278. The first-order valence-electron chi connectivity index (χ1n) is 6.97. The van der Waals surface area contributed by atoms with Gasteiger partial charge in [-0.1, -0.05) is 6.92 Å². The topological polar surface area (TPSA) is 91.4 Å². The third kappa shape index (κ3) is 3.16. The molecule has 116 valence electrons. The first-order valence-corrected chi connectivity index (χ1v) is 8.41. The standard InChI is InChI=1S/C13H20N4O3S/c1-3-6-14-11-5-4-7-16-13(11)21(19,20)17-9-8-15-12(18)10(17)2/h4-5,7,10,14H,3,6,8-9H2,1-2H3,(H,15,18). The van der Waals surface area contributed by atoms with Crippen LogP contribution in [0.2, 0.25) is 0 Å². The van der Waals surface area contributed by atoms with Crippen molar-refractivity contribution in [1.82, 2.24) is 14.6 Å². The van der Waals surface area contributed by atoms with E-state index in [1.165, 1.54) is 10.5 Å². The second-order valence-electron chi connectivity index (χ2n) is 4.87. The average molecular weight is 312 g/mol. The molecule has 0 spiro atoms. The Morgan fingerprint density at radius 1 is 1.52 bits per heavy atom. The van der Waals surface area contributed by atoms with Crippen LogP contribution in [0.15, 0.2) is 23.4 Å². The highest BCUT2D eigenvalue weighted by Crippen LogP contribution is 2.24. The quantitative estimate of drug-likeness (QED) is 0.822. The molecule has 1 aromatic heterocycles. The number of nitrogens with one attached hydrogen (secondary N) is 2. The highest BCUT2D eigenvalue weighted by molar-refractivity contribution is 7.89. The van der Waals surface area contributed by atoms with Crippen molar-refractivity contribution >= 4 is 21.6 Å². The summed E-state index contributed by atoms with van der Waals surface area (Å²) in [5.41, 5.74) is 0.470. The lowest BCUT2D eigenvalue weighted by Crippen LogP contribution is -2.55. The number of anilines is 1. The minimum Gasteiger partial charge on any atom is -0.383 e. The number of hydrogen-bond donors (Lipinski definition) is 2. The zero-order valence-corrected chi connectivity index (χ0v) is 13.0. The molecule has 2 rings (SSSR count). The number of rotatable bonds is 5. The van der Waals surface area contributed by atoms with Crippen LogP contribution >= 0.6 is 0 Å². The molecule has 1 aliphatic rings. The van der Waals surface area contributed by atoms with Gasteiger partial charge in [-0.25, -0.2) is 13.4 Å². The second kappa shape index (κ2) is 6.40. The summed E-state index contributed by atoms with van der Waals surface area (Å²) in [4.78, 5) is 15.7. The van der Waals surface area contributed by atoms with E-state index in [1.807, 2.05) is 6.92 Å². The Hall–Kier alpha value is -1.67. The van der Waals surface area contributed by atoms with Gasteiger partial charge in [0.1, 0.15) is 6.04 Å². The smallest absolute Gasteiger partial charge is 0.263 e. The molecule has 1 aliphatic heterocycles. The third-order valence-corrected chi connectivity index (χ3v) is 5.26. The highest BCUT2D eigenvalue weighted by Gasteiger charge is 2.37. The summed E-state index contributed by atoms with van der Waals surface area (Å²) in [6, 6.07) is 2.64. The predicted molar refractivity (Wildman–Crippen MR) is 79.4 cm³/mol. The fourth-order valence-electron chi connectivity index (χ4n) is 2.19. The van der Waals surface area contributed by atoms with E-state index >= 15 is 0 Å². The molecule has 2 heterocycles. The summed E-state index contributed by atoms with van der Waals surface area (Å²) in [7, 11) is -3.81. The first kappa shape index (κ1) is 15.7. The van der Waals surface area contributed by atoms with Crippen molar-refractivity contribution in [3.05, 3.63) is 18.3 Å². The van der Waals surface area contributed by atoms with Gasteiger partial charge in [-0.3, -0.25) is 4.79 Å². The van der Waals surface area contributed by atoms with E-state index in [9.17, 15) is 13.2 Å². The van der Waals surface area contributed by atoms with Gasteiger partial charge in [0.2, 0.25) is 5.91 Å². The molecular weight excluding hydrogens is 292 g/mol. The number of aromatic nitrogens is 1. The van der Waals surface area contributed by atoms with E-state index in [0.717, 1.165) is 6.42 Å². The minimum atomic E-state index is -3.81. The number of nitrogens with zero attached hydrogens (tertiary/aromatic N) is 2. The van der Waals surface area contributed by atoms with Crippen LogP contribution in [0.3, 0.4) is 0 Å². The molecule has 2 N–H and O–H groups in total. The Bertz CT molecular complexity index is 618. The summed E-state index contributed by atoms with van der Waals surface area (Å²) in [5.74, 6) is -0.288. The van der Waals surface area contributed by atoms with Crippen LogP contribution < -0.4 is 10.6 Å². The Labute approximate surface area is 124 Å². The molecular formula is C13H20N4O3S. The van der Waals surface area contributed by atoms with E-state index in [4.69, 9.17) is 0 Å². The van der Waals surface area contributed by atoms with Crippen LogP contribution in [0, 0.1) is 0 Å². The van der Waals surface area contributed by atoms with E-state index in [-0.39, 0.29) is 17.5 Å². The van der Waals surface area contributed by atoms with Gasteiger partial charge >= 0.3 is 0 Å². The first-order chi connectivity index (χ1) is 9.98. The molecule has 0 radical (unpaired) electrons. The molecule has 1 aromatic rings. The summed E-state index contributed by atoms with van der Waals surface area (Å²) < 4.78 is 26.7. The maximum Gasteiger partial charge on any atom is 0.263 e. The summed E-state index contributed by atoms with van der Waals surface area (Å²) in [5, 5.41) is 5.69. The maximum absolute atomic E-state index is 12.8. The molecule has 0 bridgehead atoms. The van der Waals surface area contributed by atoms with Crippen molar-refractivity contribution in [3.63, 3.8) is 0 Å². The van der Waals surface area contributed by atoms with Gasteiger partial charge in [0, 0.05) is 25.8 Å². The number of carbonyl (C=O) groups excluding carboxylic acids is 1. The SMILES string of the molecule is CCCNc1cccnc1S(=O)(=O)N1CCNC(=O)C1C. The number of sulfonamides is 1. The molecule has 1 amide bonds. The van der Waals surface area contributed by atoms with E-state index in [0.29, 0.717) is 18.8 Å². The zero-order valence-electron chi connectivity index (χ0n) is 12.2. The van der Waals surface area contributed by atoms with Crippen molar-refractivity contribution in [2.75, 3.05) is 25.0 Å². The summed E-state index contributed by atoms with van der Waals surface area (Å²) in [6.45, 7) is 4.79. The van der Waals surface area contributed by atoms with Crippen molar-refractivity contribution in [3.8, 4) is 0 Å². The largest absolute Gasteiger partial charge is 0.383 e. The molecule has 1 fully saturated rings. The lowest BCUT2D eigenvalue weighted by molar-refractivity contribution is -0.126. The van der Waals surface area contributed by atoms with Gasteiger partial charge in [-0.2, -0.15) is 4.31 Å². The van der Waals surface area contributed by atoms with Gasteiger partial charge in [0.05, 0.1) is 5.69 Å². The van der Waals surface area contributed by atoms with Gasteiger partial charge < -0.3 is 10.6 Å². The van der Waals surface area contributed by atoms with Crippen molar-refractivity contribution in [2.24, 2.45) is 0 Å². The van der Waals surface area contributed by atoms with Gasteiger partial charge in [-0.05, 0) is 25.5 Å². The number of piperazine rings is 1. The van der Waals surface area contributed by atoms with E-state index in [2.05, 4.69) is 15.6 Å². The lowest BCUT2D eigenvalue weighted by Gasteiger charge is -2.31. The van der Waals surface area contributed by atoms with Crippen molar-refractivity contribution in [1.29, 1.82) is 0 Å². The molecule has 1 atom stereocenters. The maximum atomic E-state index is 12.8. The summed E-state index contributed by atoms with van der Waals surface area (Å²) >= 11 is 0. The lowest BCUT2D eigenvalue weighted by atomic mass is 10.2. The Kier molecular flexibility index (Phi) is 4.79. The number of amides is 1. The Morgan fingerprint density at radius 2 is 2.29 bits per heavy atom. The molecule has 0 saturated carbocycles. The zero-order chi connectivity index (χ0) is 15.5. The predicted octanol–water partition coefficient (Wildman–Crippen LogP) is 0.412. The highest BCUT2D eigenvalue weighted by atomic mass is 32.2. The van der Waals surface area contributed by atoms with Crippen LogP contribution in [0.1, 0.15) is 20.3 Å². The molecule has 1 unspecified atom stereocenters. The Morgan fingerprint density at radius 3 is 3.00 bits per heavy atom. The van der Waals surface area contributed by atoms with E-state index < -0.39 is 16.1 Å². The van der Waals surface area contributed by atoms with Crippen molar-refractivity contribution in [2.45, 2.75) is 31.3 Å². The monoisotopic (exact) mass is 312 g/mol. The van der Waals surface area contributed by atoms with Gasteiger partial charge in [0.15, 0.2) is 5.03 Å². The normalized spacial score (nSPS) is 20.1. The molecule has 8 heteroatoms. The molecule has 21 heavy (non-hydrogen) atoms. The number of hydrogen-bond acceptors (Lipinski definition) is 5. The molecule has 7 nitrogen and oxygen atoms in total. The van der Waals surface area contributed by atoms with Crippen LogP contribution in [0.25, 0.3) is 0 Å². The van der Waals surface area contributed by atoms with E-state index in [1.54, 1.807) is 19.1 Å². The number of pyridine rings is 1. The third-order valence-electron chi connectivity index (χ3n) is 3.33. The fraction of sp³-hybridized carbons (Fsp3) is 0.538. The van der Waals surface area contributed by atoms with Crippen molar-refractivity contribution < 1.29 is 13.2 Å².